The molecule has 0 radical (unpaired) electrons. The van der Waals surface area contributed by atoms with Crippen LogP contribution >= 0.6 is 0 Å². The van der Waals surface area contributed by atoms with Gasteiger partial charge in [-0.1, -0.05) is 249 Å². The van der Waals surface area contributed by atoms with Crippen molar-refractivity contribution in [2.75, 3.05) is 47.5 Å². The Bertz CT molecular complexity index is 1340. The van der Waals surface area contributed by atoms with E-state index in [1.54, 1.807) is 0 Å². The number of rotatable bonds is 57. The van der Waals surface area contributed by atoms with Crippen LogP contribution in [0.3, 0.4) is 0 Å². The largest absolute Gasteiger partial charge is 0.545 e. The average molecular weight is 1030 g/mol. The van der Waals surface area contributed by atoms with Crippen LogP contribution in [0.5, 0.6) is 0 Å². The summed E-state index contributed by atoms with van der Waals surface area (Å²) in [6.07, 6.45) is 66.2. The van der Waals surface area contributed by atoms with E-state index in [2.05, 4.69) is 62.5 Å². The third-order valence-electron chi connectivity index (χ3n) is 13.5. The molecule has 0 aromatic rings. The van der Waals surface area contributed by atoms with Gasteiger partial charge >= 0.3 is 11.9 Å². The molecule has 9 nitrogen and oxygen atoms in total. The lowest BCUT2D eigenvalue weighted by atomic mass is 10.0. The Labute approximate surface area is 451 Å². The number of carbonyl (C=O) groups is 3. The molecule has 0 rings (SSSR count). The van der Waals surface area contributed by atoms with Crippen molar-refractivity contribution in [3.05, 3.63) is 48.6 Å². The molecule has 0 bridgehead atoms. The lowest BCUT2D eigenvalue weighted by molar-refractivity contribution is -0.870. The molecule has 2 atom stereocenters. The number of carboxylic acids is 1. The zero-order valence-electron chi connectivity index (χ0n) is 48.5. The van der Waals surface area contributed by atoms with E-state index in [1.165, 1.54) is 180 Å². The molecule has 0 aliphatic heterocycles. The van der Waals surface area contributed by atoms with E-state index < -0.39 is 24.3 Å². The van der Waals surface area contributed by atoms with Crippen LogP contribution in [0.15, 0.2) is 48.6 Å². The maximum atomic E-state index is 12.9. The lowest BCUT2D eigenvalue weighted by Crippen LogP contribution is -2.44. The van der Waals surface area contributed by atoms with Crippen molar-refractivity contribution >= 4 is 17.9 Å². The second-order valence-electron chi connectivity index (χ2n) is 22.0. The Morgan fingerprint density at radius 3 is 1.14 bits per heavy atom. The molecule has 0 N–H and O–H groups in total. The number of unbranched alkanes of at least 4 members (excludes halogenated alkanes) is 34. The molecule has 2 unspecified atom stereocenters. The van der Waals surface area contributed by atoms with Crippen molar-refractivity contribution in [2.45, 2.75) is 296 Å². The molecular formula is C64H117NO8. The number of allylic oxidation sites excluding steroid dienone is 8. The van der Waals surface area contributed by atoms with E-state index >= 15 is 0 Å². The maximum Gasteiger partial charge on any atom is 0.306 e. The number of hydrogen-bond donors (Lipinski definition) is 0. The van der Waals surface area contributed by atoms with E-state index in [9.17, 15) is 19.5 Å². The van der Waals surface area contributed by atoms with Crippen LogP contribution in [0.1, 0.15) is 284 Å². The van der Waals surface area contributed by atoms with Gasteiger partial charge in [0, 0.05) is 12.8 Å². The Kier molecular flexibility index (Phi) is 53.4. The van der Waals surface area contributed by atoms with Gasteiger partial charge in [-0.05, 0) is 70.6 Å². The topological polar surface area (TPSA) is 111 Å². The van der Waals surface area contributed by atoms with Gasteiger partial charge in [0.15, 0.2) is 12.4 Å². The van der Waals surface area contributed by atoms with E-state index in [-0.39, 0.29) is 38.6 Å². The molecule has 0 heterocycles. The average Bonchev–Trinajstić information content (AvgIpc) is 3.36. The molecule has 9 heteroatoms. The summed E-state index contributed by atoms with van der Waals surface area (Å²) in [6.45, 7) is 4.68. The Morgan fingerprint density at radius 2 is 0.767 bits per heavy atom. The predicted octanol–water partition coefficient (Wildman–Crippen LogP) is 16.9. The highest BCUT2D eigenvalue weighted by molar-refractivity contribution is 5.70. The molecule has 0 spiro atoms. The Hall–Kier alpha value is -2.75. The fraction of sp³-hybridized carbons (Fsp3) is 0.828. The summed E-state index contributed by atoms with van der Waals surface area (Å²) < 4.78 is 22.7. The minimum atomic E-state index is -1.62. The summed E-state index contributed by atoms with van der Waals surface area (Å²) in [5, 5.41) is 11.8. The minimum absolute atomic E-state index is 0.146. The fourth-order valence-corrected chi connectivity index (χ4v) is 8.78. The van der Waals surface area contributed by atoms with Crippen LogP contribution in [-0.2, 0) is 33.3 Å². The second kappa shape index (κ2) is 55.5. The van der Waals surface area contributed by atoms with Crippen molar-refractivity contribution in [3.63, 3.8) is 0 Å². The molecule has 73 heavy (non-hydrogen) atoms. The Balaban J connectivity index is 4.00. The first-order valence-corrected chi connectivity index (χ1v) is 30.8. The number of nitrogens with zero attached hydrogens (tertiary/aromatic N) is 1. The van der Waals surface area contributed by atoms with Crippen molar-refractivity contribution in [1.29, 1.82) is 0 Å². The summed E-state index contributed by atoms with van der Waals surface area (Å²) in [5.41, 5.74) is 0. The molecule has 426 valence electrons. The number of carbonyl (C=O) groups excluding carboxylic acids is 3. The predicted molar refractivity (Wildman–Crippen MR) is 306 cm³/mol. The van der Waals surface area contributed by atoms with Gasteiger partial charge in [0.25, 0.3) is 0 Å². The number of hydrogen-bond acceptors (Lipinski definition) is 8. The van der Waals surface area contributed by atoms with Gasteiger partial charge in [-0.25, -0.2) is 0 Å². The number of ether oxygens (including phenoxy) is 4. The third-order valence-corrected chi connectivity index (χ3v) is 13.5. The summed E-state index contributed by atoms with van der Waals surface area (Å²) in [7, 11) is 5.92. The maximum absolute atomic E-state index is 12.9. The molecule has 0 fully saturated rings. The van der Waals surface area contributed by atoms with Gasteiger partial charge in [0.1, 0.15) is 13.2 Å². The highest BCUT2D eigenvalue weighted by atomic mass is 16.7. The van der Waals surface area contributed by atoms with Gasteiger partial charge in [-0.15, -0.1) is 0 Å². The number of quaternary nitrogens is 1. The number of esters is 2. The summed E-state index contributed by atoms with van der Waals surface area (Å²) >= 11 is 0. The van der Waals surface area contributed by atoms with Crippen LogP contribution in [0.25, 0.3) is 0 Å². The van der Waals surface area contributed by atoms with Crippen molar-refractivity contribution in [3.8, 4) is 0 Å². The SMILES string of the molecule is CCC/C=C\C/C=C\CCCCCCCC(=O)OCC(COC(OCC[N+](C)(C)C)C(=O)[O-])OC(=O)CCCCCCCCCCCCCCCCCCCCCCCCC/C=C\C/C=C\CCCCCCC. The highest BCUT2D eigenvalue weighted by Gasteiger charge is 2.22. The summed E-state index contributed by atoms with van der Waals surface area (Å²) in [5.74, 6) is -2.29. The zero-order chi connectivity index (χ0) is 53.4. The van der Waals surface area contributed by atoms with E-state index in [4.69, 9.17) is 18.9 Å². The summed E-state index contributed by atoms with van der Waals surface area (Å²) in [6, 6.07) is 0. The molecule has 0 amide bonds. The van der Waals surface area contributed by atoms with Crippen molar-refractivity contribution in [2.24, 2.45) is 0 Å². The van der Waals surface area contributed by atoms with Gasteiger partial charge < -0.3 is 33.3 Å². The first kappa shape index (κ1) is 70.2. The molecule has 0 saturated carbocycles. The van der Waals surface area contributed by atoms with Gasteiger partial charge in [0.05, 0.1) is 40.3 Å². The van der Waals surface area contributed by atoms with Gasteiger partial charge in [0.2, 0.25) is 0 Å². The number of carboxylic acid groups (broad SMARTS) is 1. The first-order valence-electron chi connectivity index (χ1n) is 30.8. The van der Waals surface area contributed by atoms with Crippen LogP contribution in [-0.4, -0.2) is 82.3 Å². The second-order valence-corrected chi connectivity index (χ2v) is 22.0. The van der Waals surface area contributed by atoms with Gasteiger partial charge in [-0.2, -0.15) is 0 Å². The minimum Gasteiger partial charge on any atom is -0.545 e. The van der Waals surface area contributed by atoms with Crippen molar-refractivity contribution in [1.82, 2.24) is 0 Å². The standard InChI is InChI=1S/C64H117NO8/c1-6-8-10-12-14-16-18-20-21-22-23-24-25-26-27-28-29-30-31-32-33-34-35-36-37-38-39-40-41-43-45-47-49-51-53-55-62(67)73-60(59-72-64(63(68)69)70-57-56-65(3,4)5)58-71-61(66)54-52-50-48-46-44-42-19-17-15-13-11-9-7-2/h11,13,17-20,22-23,60,64H,6-10,12,14-16,21,24-59H2,1-5H3/b13-11-,19-17-,20-18-,23-22-. The Morgan fingerprint density at radius 1 is 0.411 bits per heavy atom. The van der Waals surface area contributed by atoms with Crippen LogP contribution in [0, 0.1) is 0 Å². The highest BCUT2D eigenvalue weighted by Crippen LogP contribution is 2.17. The van der Waals surface area contributed by atoms with Crippen LogP contribution in [0.2, 0.25) is 0 Å². The third kappa shape index (κ3) is 56.8. The first-order chi connectivity index (χ1) is 35.6. The molecule has 0 aromatic heterocycles. The lowest BCUT2D eigenvalue weighted by Gasteiger charge is -2.26. The number of aliphatic carboxylic acids is 1. The molecule has 0 aliphatic rings. The van der Waals surface area contributed by atoms with E-state index in [0.29, 0.717) is 17.4 Å². The molecular weight excluding hydrogens is 911 g/mol. The quantitative estimate of drug-likeness (QED) is 0.0195. The molecule has 0 saturated heterocycles. The smallest absolute Gasteiger partial charge is 0.306 e. The van der Waals surface area contributed by atoms with Crippen molar-refractivity contribution < 1.29 is 42.9 Å². The monoisotopic (exact) mass is 1030 g/mol. The molecule has 0 aliphatic carbocycles. The summed E-state index contributed by atoms with van der Waals surface area (Å²) in [4.78, 5) is 37.2. The fourth-order valence-electron chi connectivity index (χ4n) is 8.78. The molecule has 0 aromatic carbocycles. The van der Waals surface area contributed by atoms with Crippen LogP contribution in [0.4, 0.5) is 0 Å². The number of likely N-dealkylation sites (N-methyl/N-ethyl adjacent to an activating group) is 1. The zero-order valence-corrected chi connectivity index (χ0v) is 48.5. The van der Waals surface area contributed by atoms with E-state index in [1.807, 2.05) is 21.1 Å². The normalized spacial score (nSPS) is 13.1. The van der Waals surface area contributed by atoms with E-state index in [0.717, 1.165) is 70.6 Å². The van der Waals surface area contributed by atoms with Gasteiger partial charge in [-0.3, -0.25) is 9.59 Å². The van der Waals surface area contributed by atoms with Crippen LogP contribution < -0.4 is 5.11 Å².